The third kappa shape index (κ3) is 7.58. The van der Waals surface area contributed by atoms with Gasteiger partial charge in [-0.3, -0.25) is 9.59 Å². The molecule has 7 heteroatoms. The zero-order valence-corrected chi connectivity index (χ0v) is 35.6. The average Bonchev–Trinajstić information content (AvgIpc) is 3.84. The van der Waals surface area contributed by atoms with Gasteiger partial charge in [-0.15, -0.1) is 0 Å². The molecular weight excluding hydrogens is 793 g/mol. The van der Waals surface area contributed by atoms with Crippen LogP contribution in [0.25, 0.3) is 66.1 Å². The van der Waals surface area contributed by atoms with Crippen LogP contribution in [0, 0.1) is 0 Å². The fourth-order valence-corrected chi connectivity index (χ4v) is 9.30. The second-order valence-corrected chi connectivity index (χ2v) is 16.4. The van der Waals surface area contributed by atoms with E-state index in [-0.39, 0.29) is 23.9 Å². The molecule has 2 unspecified atom stereocenters. The predicted octanol–water partition coefficient (Wildman–Crippen LogP) is 10.5. The molecule has 0 aliphatic carbocycles. The van der Waals surface area contributed by atoms with E-state index in [0.29, 0.717) is 11.1 Å². The number of amides is 2. The minimum absolute atomic E-state index is 0.111. The number of hydrogen-bond donors (Lipinski definition) is 2. The van der Waals surface area contributed by atoms with Crippen LogP contribution in [0.2, 0.25) is 0 Å². The number of rotatable bonds is 10. The van der Waals surface area contributed by atoms with E-state index < -0.39 is 0 Å². The molecule has 1 heterocycles. The second kappa shape index (κ2) is 16.9. The van der Waals surface area contributed by atoms with E-state index in [0.717, 1.165) is 87.9 Å². The standard InChI is InChI=1S/C56H40N4O2S/c1-35(37-13-5-3-6-14-37)57-55(61)43-29-25-39(26-30-43)45-21-9-17-41-19-11-23-47(51(41)45)49-33-34-50(54-53(49)59-63-60-54)48-24-12-20-42-18-10-22-46(52(42)48)40-27-31-44(32-28-40)56(62)58-36(2)38-15-7-4-8-16-38/h3-36H,1-2H3/p+2. The van der Waals surface area contributed by atoms with Gasteiger partial charge in [0, 0.05) is 11.1 Å². The molecule has 10 rings (SSSR count). The number of carbonyl (C=O) groups excluding carboxylic acids is 2. The first-order valence-corrected chi connectivity index (χ1v) is 21.9. The van der Waals surface area contributed by atoms with Crippen molar-refractivity contribution in [2.75, 3.05) is 0 Å². The highest BCUT2D eigenvalue weighted by atomic mass is 32.1. The van der Waals surface area contributed by atoms with E-state index in [1.807, 2.05) is 123 Å². The first kappa shape index (κ1) is 39.2. The Hall–Kier alpha value is -7.92. The molecule has 2 amide bonds. The van der Waals surface area contributed by atoms with Gasteiger partial charge in [-0.05, 0) is 116 Å². The maximum Gasteiger partial charge on any atom is 0.700 e. The molecule has 0 spiro atoms. The predicted molar refractivity (Wildman–Crippen MR) is 257 cm³/mol. The molecule has 1 aliphatic rings. The van der Waals surface area contributed by atoms with Gasteiger partial charge in [0.2, 0.25) is 0 Å². The van der Waals surface area contributed by atoms with Gasteiger partial charge in [0.15, 0.2) is 0 Å². The van der Waals surface area contributed by atoms with Crippen LogP contribution in [0.4, 0.5) is 0 Å². The molecule has 0 saturated heterocycles. The molecule has 1 aliphatic heterocycles. The fourth-order valence-electron chi connectivity index (χ4n) is 8.73. The van der Waals surface area contributed by atoms with Crippen molar-refractivity contribution in [3.05, 3.63) is 227 Å². The van der Waals surface area contributed by atoms with Gasteiger partial charge >= 0.3 is 22.1 Å². The second-order valence-electron chi connectivity index (χ2n) is 15.9. The molecule has 0 radical (unpaired) electrons. The van der Waals surface area contributed by atoms with E-state index in [1.54, 1.807) is 0 Å². The molecule has 0 fully saturated rings. The van der Waals surface area contributed by atoms with Crippen molar-refractivity contribution in [2.45, 2.75) is 25.9 Å². The lowest BCUT2D eigenvalue weighted by Crippen LogP contribution is -2.31. The van der Waals surface area contributed by atoms with Crippen LogP contribution < -0.4 is 29.4 Å². The normalized spacial score (nSPS) is 12.4. The number of benzene rings is 9. The summed E-state index contributed by atoms with van der Waals surface area (Å²) >= 11 is 1.22. The topological polar surface area (TPSA) is 86.4 Å². The number of fused-ring (bicyclic) bond motifs is 3. The molecule has 2 N–H and O–H groups in total. The first-order valence-electron chi connectivity index (χ1n) is 21.1. The molecule has 0 aromatic heterocycles. The molecule has 302 valence electrons. The lowest BCUT2D eigenvalue weighted by molar-refractivity contribution is 0.0931. The number of nitrogens with one attached hydrogen (secondary N) is 2. The van der Waals surface area contributed by atoms with Crippen molar-refractivity contribution in [3.8, 4) is 44.5 Å². The van der Waals surface area contributed by atoms with E-state index in [2.05, 4.69) is 95.6 Å². The van der Waals surface area contributed by atoms with Crippen molar-refractivity contribution in [3.63, 3.8) is 0 Å². The highest BCUT2D eigenvalue weighted by Gasteiger charge is 2.28. The Morgan fingerprint density at radius 3 is 1.14 bits per heavy atom. The summed E-state index contributed by atoms with van der Waals surface area (Å²) in [5.74, 6) is -0.222. The Morgan fingerprint density at radius 2 is 0.762 bits per heavy atom. The molecule has 2 atom stereocenters. The summed E-state index contributed by atoms with van der Waals surface area (Å²) < 4.78 is 9.88. The van der Waals surface area contributed by atoms with E-state index in [9.17, 15) is 9.59 Å². The third-order valence-corrected chi connectivity index (χ3v) is 12.5. The van der Waals surface area contributed by atoms with Gasteiger partial charge in [-0.25, -0.2) is 0 Å². The van der Waals surface area contributed by atoms with Crippen molar-refractivity contribution >= 4 is 44.7 Å². The van der Waals surface area contributed by atoms with Crippen molar-refractivity contribution in [2.24, 2.45) is 0 Å². The zero-order valence-electron chi connectivity index (χ0n) is 34.7. The Kier molecular flexibility index (Phi) is 10.5. The Balaban J connectivity index is 0.994. The molecule has 9 aromatic carbocycles. The molecule has 63 heavy (non-hydrogen) atoms. The van der Waals surface area contributed by atoms with Crippen LogP contribution >= 0.6 is 0 Å². The molecule has 9 aromatic rings. The zero-order chi connectivity index (χ0) is 42.9. The van der Waals surface area contributed by atoms with Crippen LogP contribution in [0.1, 0.15) is 57.8 Å². The summed E-state index contributed by atoms with van der Waals surface area (Å²) in [5, 5.41) is 12.4. The van der Waals surface area contributed by atoms with E-state index in [1.165, 1.54) is 11.4 Å². The summed E-state index contributed by atoms with van der Waals surface area (Å²) in [6.45, 7) is 4.00. The first-order chi connectivity index (χ1) is 30.9. The minimum atomic E-state index is -0.113. The highest BCUT2D eigenvalue weighted by Crippen LogP contribution is 2.38. The SMILES string of the molecule is CC(NC(=O)c1ccc(-c2cccc3cccc(-c4ccc(-c5cccc6cccc(-c7ccc(C(=O)NC(C)c8ccccc8)cc7)c56)c5c4=[N+]=S=[N+]=5)c23)cc1)c1ccccc1. The van der Waals surface area contributed by atoms with E-state index >= 15 is 0 Å². The summed E-state index contributed by atoms with van der Waals surface area (Å²) in [5.41, 5.74) is 11.6. The largest absolute Gasteiger partial charge is 0.700 e. The minimum Gasteiger partial charge on any atom is -0.346 e. The Bertz CT molecular complexity index is 3220. The summed E-state index contributed by atoms with van der Waals surface area (Å²) in [4.78, 5) is 26.6. The van der Waals surface area contributed by atoms with Crippen LogP contribution in [-0.2, 0) is 11.4 Å². The van der Waals surface area contributed by atoms with E-state index in [4.69, 9.17) is 8.08 Å². The fraction of sp³-hybridized carbons (Fsp3) is 0.0714. The van der Waals surface area contributed by atoms with Crippen molar-refractivity contribution in [1.82, 2.24) is 18.7 Å². The molecular formula is C56H42N4O2S+2. The van der Waals surface area contributed by atoms with Gasteiger partial charge in [0.1, 0.15) is 0 Å². The lowest BCUT2D eigenvalue weighted by atomic mass is 9.88. The van der Waals surface area contributed by atoms with Gasteiger partial charge in [0.25, 0.3) is 11.8 Å². The van der Waals surface area contributed by atoms with Crippen LogP contribution in [0.5, 0.6) is 0 Å². The lowest BCUT2D eigenvalue weighted by Gasteiger charge is -2.15. The molecule has 6 nitrogen and oxygen atoms in total. The highest BCUT2D eigenvalue weighted by molar-refractivity contribution is 7.55. The van der Waals surface area contributed by atoms with Gasteiger partial charge in [-0.2, -0.15) is 0 Å². The number of nitrogens with zero attached hydrogens (tertiary/aromatic N) is 2. The van der Waals surface area contributed by atoms with Crippen LogP contribution in [0.15, 0.2) is 194 Å². The quantitative estimate of drug-likeness (QED) is 0.135. The smallest absolute Gasteiger partial charge is 0.346 e. The number of carbonyl (C=O) groups is 2. The monoisotopic (exact) mass is 834 g/mol. The summed E-state index contributed by atoms with van der Waals surface area (Å²) in [7, 11) is 0. The maximum absolute atomic E-state index is 13.3. The molecule has 0 bridgehead atoms. The number of hydrogen-bond acceptors (Lipinski definition) is 2. The summed E-state index contributed by atoms with van der Waals surface area (Å²) in [6, 6.07) is 65.4. The maximum atomic E-state index is 13.3. The van der Waals surface area contributed by atoms with Crippen LogP contribution in [-0.4, -0.2) is 11.8 Å². The summed E-state index contributed by atoms with van der Waals surface area (Å²) in [6.07, 6.45) is 0. The van der Waals surface area contributed by atoms with Crippen LogP contribution in [0.3, 0.4) is 0 Å². The van der Waals surface area contributed by atoms with Crippen molar-refractivity contribution < 1.29 is 9.59 Å². The average molecular weight is 835 g/mol. The van der Waals surface area contributed by atoms with Gasteiger partial charge in [-0.1, -0.05) is 158 Å². The van der Waals surface area contributed by atoms with Crippen molar-refractivity contribution in [1.29, 1.82) is 0 Å². The Labute approximate surface area is 368 Å². The Morgan fingerprint density at radius 1 is 0.397 bits per heavy atom. The third-order valence-electron chi connectivity index (χ3n) is 12.0. The van der Waals surface area contributed by atoms with Gasteiger partial charge in [0.05, 0.1) is 31.3 Å². The molecule has 0 saturated carbocycles. The van der Waals surface area contributed by atoms with Gasteiger partial charge < -0.3 is 10.6 Å².